The maximum absolute atomic E-state index is 9.58. The summed E-state index contributed by atoms with van der Waals surface area (Å²) in [4.78, 5) is 1.94. The molecule has 0 spiro atoms. The number of aromatic hydroxyl groups is 1. The first-order valence-electron chi connectivity index (χ1n) is 3.83. The van der Waals surface area contributed by atoms with E-state index >= 15 is 0 Å². The third-order valence-electron chi connectivity index (χ3n) is 1.64. The predicted octanol–water partition coefficient (Wildman–Crippen LogP) is 2.76. The largest absolute Gasteiger partial charge is 0.506 e. The van der Waals surface area contributed by atoms with Crippen LogP contribution in [0.5, 0.6) is 5.75 Å². The van der Waals surface area contributed by atoms with E-state index in [1.54, 1.807) is 12.1 Å². The molecule has 0 atom stereocenters. The Hall–Kier alpha value is -0.440. The second-order valence-corrected chi connectivity index (χ2v) is 3.89. The van der Waals surface area contributed by atoms with Gasteiger partial charge in [0.15, 0.2) is 0 Å². The van der Waals surface area contributed by atoms with Crippen molar-refractivity contribution in [1.82, 2.24) is 4.90 Å². The molecule has 1 aromatic carbocycles. The van der Waals surface area contributed by atoms with Gasteiger partial charge < -0.3 is 10.0 Å². The number of halogens is 2. The van der Waals surface area contributed by atoms with Crippen LogP contribution in [0.15, 0.2) is 12.1 Å². The van der Waals surface area contributed by atoms with Gasteiger partial charge in [0.2, 0.25) is 0 Å². The predicted molar refractivity (Wildman–Crippen MR) is 55.5 cm³/mol. The minimum absolute atomic E-state index is 0.0721. The minimum Gasteiger partial charge on any atom is -0.506 e. The zero-order valence-corrected chi connectivity index (χ0v) is 9.02. The summed E-state index contributed by atoms with van der Waals surface area (Å²) in [6.07, 6.45) is 0. The number of rotatable bonds is 2. The highest BCUT2D eigenvalue weighted by molar-refractivity contribution is 6.43. The molecule has 0 saturated heterocycles. The van der Waals surface area contributed by atoms with E-state index in [-0.39, 0.29) is 10.8 Å². The Labute approximate surface area is 87.7 Å². The van der Waals surface area contributed by atoms with Crippen LogP contribution in [0.1, 0.15) is 5.56 Å². The molecule has 0 heterocycles. The van der Waals surface area contributed by atoms with Crippen molar-refractivity contribution in [1.29, 1.82) is 0 Å². The smallest absolute Gasteiger partial charge is 0.140 e. The monoisotopic (exact) mass is 219 g/mol. The van der Waals surface area contributed by atoms with Crippen LogP contribution in [0, 0.1) is 0 Å². The van der Waals surface area contributed by atoms with Gasteiger partial charge in [-0.3, -0.25) is 0 Å². The fourth-order valence-corrected chi connectivity index (χ4v) is 1.39. The Morgan fingerprint density at radius 3 is 2.46 bits per heavy atom. The molecule has 2 nitrogen and oxygen atoms in total. The van der Waals surface area contributed by atoms with Gasteiger partial charge in [0, 0.05) is 12.1 Å². The molecule has 1 aromatic rings. The first-order chi connectivity index (χ1) is 6.02. The first kappa shape index (κ1) is 10.6. The Balaban J connectivity index is 3.04. The lowest BCUT2D eigenvalue weighted by Gasteiger charge is -2.12. The third kappa shape index (κ3) is 2.50. The topological polar surface area (TPSA) is 23.5 Å². The van der Waals surface area contributed by atoms with Crippen molar-refractivity contribution in [3.63, 3.8) is 0 Å². The molecule has 0 radical (unpaired) electrons. The summed E-state index contributed by atoms with van der Waals surface area (Å²) in [5.41, 5.74) is 0.777. The Morgan fingerprint density at radius 2 is 1.92 bits per heavy atom. The molecule has 0 fully saturated rings. The van der Waals surface area contributed by atoms with Gasteiger partial charge in [-0.25, -0.2) is 0 Å². The number of phenolic OH excluding ortho intramolecular Hbond substituents is 1. The van der Waals surface area contributed by atoms with E-state index in [0.29, 0.717) is 11.6 Å². The number of nitrogens with zero attached hydrogens (tertiary/aromatic N) is 1. The van der Waals surface area contributed by atoms with Gasteiger partial charge in [0.1, 0.15) is 10.8 Å². The molecule has 4 heteroatoms. The second kappa shape index (κ2) is 4.18. The maximum Gasteiger partial charge on any atom is 0.140 e. The summed E-state index contributed by atoms with van der Waals surface area (Å²) >= 11 is 11.5. The SMILES string of the molecule is CN(C)Cc1ccc(Cl)c(Cl)c1O. The molecule has 1 rings (SSSR count). The number of hydrogen-bond donors (Lipinski definition) is 1. The van der Waals surface area contributed by atoms with Crippen molar-refractivity contribution >= 4 is 23.2 Å². The molecule has 13 heavy (non-hydrogen) atoms. The van der Waals surface area contributed by atoms with Gasteiger partial charge in [-0.15, -0.1) is 0 Å². The van der Waals surface area contributed by atoms with Crippen LogP contribution in [-0.2, 0) is 6.54 Å². The van der Waals surface area contributed by atoms with Gasteiger partial charge in [-0.05, 0) is 20.2 Å². The molecule has 0 aliphatic rings. The zero-order valence-electron chi connectivity index (χ0n) is 7.51. The van der Waals surface area contributed by atoms with E-state index in [1.807, 2.05) is 19.0 Å². The molecule has 0 unspecified atom stereocenters. The number of benzene rings is 1. The van der Waals surface area contributed by atoms with E-state index in [4.69, 9.17) is 23.2 Å². The Morgan fingerprint density at radius 1 is 1.31 bits per heavy atom. The lowest BCUT2D eigenvalue weighted by molar-refractivity contribution is 0.386. The molecule has 0 saturated carbocycles. The lowest BCUT2D eigenvalue weighted by Crippen LogP contribution is -2.10. The average molecular weight is 220 g/mol. The summed E-state index contributed by atoms with van der Waals surface area (Å²) in [5.74, 6) is 0.0721. The summed E-state index contributed by atoms with van der Waals surface area (Å²) in [6, 6.07) is 3.45. The fourth-order valence-electron chi connectivity index (χ4n) is 1.05. The molecule has 0 amide bonds. The molecule has 0 aliphatic carbocycles. The van der Waals surface area contributed by atoms with E-state index in [1.165, 1.54) is 0 Å². The van der Waals surface area contributed by atoms with Crippen molar-refractivity contribution in [2.75, 3.05) is 14.1 Å². The summed E-state index contributed by atoms with van der Waals surface area (Å²) < 4.78 is 0. The molecule has 0 aromatic heterocycles. The van der Waals surface area contributed by atoms with Gasteiger partial charge in [0.25, 0.3) is 0 Å². The van der Waals surface area contributed by atoms with Crippen molar-refractivity contribution in [3.8, 4) is 5.75 Å². The van der Waals surface area contributed by atoms with Gasteiger partial charge >= 0.3 is 0 Å². The van der Waals surface area contributed by atoms with E-state index in [0.717, 1.165) is 5.56 Å². The van der Waals surface area contributed by atoms with Crippen LogP contribution < -0.4 is 0 Å². The van der Waals surface area contributed by atoms with Crippen molar-refractivity contribution in [3.05, 3.63) is 27.7 Å². The summed E-state index contributed by atoms with van der Waals surface area (Å²) in [7, 11) is 3.84. The van der Waals surface area contributed by atoms with E-state index < -0.39 is 0 Å². The van der Waals surface area contributed by atoms with Crippen molar-refractivity contribution < 1.29 is 5.11 Å². The van der Waals surface area contributed by atoms with Gasteiger partial charge in [-0.1, -0.05) is 29.3 Å². The standard InChI is InChI=1S/C9H11Cl2NO/c1-12(2)5-6-3-4-7(10)8(11)9(6)13/h3-4,13H,5H2,1-2H3. The highest BCUT2D eigenvalue weighted by Crippen LogP contribution is 2.34. The molecular formula is C9H11Cl2NO. The Bertz CT molecular complexity index is 313. The van der Waals surface area contributed by atoms with E-state index in [2.05, 4.69) is 0 Å². The van der Waals surface area contributed by atoms with Gasteiger partial charge in [-0.2, -0.15) is 0 Å². The van der Waals surface area contributed by atoms with Crippen LogP contribution in [0.4, 0.5) is 0 Å². The number of phenols is 1. The molecule has 1 N–H and O–H groups in total. The quantitative estimate of drug-likeness (QED) is 0.828. The Kier molecular flexibility index (Phi) is 3.42. The van der Waals surface area contributed by atoms with Crippen LogP contribution in [0.2, 0.25) is 10.0 Å². The van der Waals surface area contributed by atoms with Crippen molar-refractivity contribution in [2.24, 2.45) is 0 Å². The molecular weight excluding hydrogens is 209 g/mol. The normalized spacial score (nSPS) is 10.8. The van der Waals surface area contributed by atoms with Crippen LogP contribution in [-0.4, -0.2) is 24.1 Å². The fraction of sp³-hybridized carbons (Fsp3) is 0.333. The third-order valence-corrected chi connectivity index (χ3v) is 2.43. The second-order valence-electron chi connectivity index (χ2n) is 3.11. The summed E-state index contributed by atoms with van der Waals surface area (Å²) in [6.45, 7) is 0.642. The van der Waals surface area contributed by atoms with Crippen LogP contribution >= 0.6 is 23.2 Å². The first-order valence-corrected chi connectivity index (χ1v) is 4.58. The van der Waals surface area contributed by atoms with Crippen LogP contribution in [0.25, 0.3) is 0 Å². The van der Waals surface area contributed by atoms with Crippen molar-refractivity contribution in [2.45, 2.75) is 6.54 Å². The zero-order chi connectivity index (χ0) is 10.0. The summed E-state index contributed by atoms with van der Waals surface area (Å²) in [5, 5.41) is 10.2. The van der Waals surface area contributed by atoms with E-state index in [9.17, 15) is 5.11 Å². The maximum atomic E-state index is 9.58. The highest BCUT2D eigenvalue weighted by Gasteiger charge is 2.09. The molecule has 0 bridgehead atoms. The number of hydrogen-bond acceptors (Lipinski definition) is 2. The van der Waals surface area contributed by atoms with Crippen LogP contribution in [0.3, 0.4) is 0 Å². The van der Waals surface area contributed by atoms with Gasteiger partial charge in [0.05, 0.1) is 5.02 Å². The molecule has 72 valence electrons. The molecule has 0 aliphatic heterocycles. The highest BCUT2D eigenvalue weighted by atomic mass is 35.5. The average Bonchev–Trinajstić information content (AvgIpc) is 2.06. The minimum atomic E-state index is 0.0721. The lowest BCUT2D eigenvalue weighted by atomic mass is 10.2.